The monoisotopic (exact) mass is 305 g/mol. The second-order valence-electron chi connectivity index (χ2n) is 6.06. The molecule has 23 heavy (non-hydrogen) atoms. The number of benzene rings is 2. The molecule has 1 aliphatic carbocycles. The first-order valence-corrected chi connectivity index (χ1v) is 8.14. The molecule has 0 bridgehead atoms. The van der Waals surface area contributed by atoms with Gasteiger partial charge >= 0.3 is 0 Å². The fraction of sp³-hybridized carbons (Fsp3) is 0.263. The van der Waals surface area contributed by atoms with Crippen molar-refractivity contribution in [2.24, 2.45) is 0 Å². The summed E-state index contributed by atoms with van der Waals surface area (Å²) in [4.78, 5) is 12.5. The van der Waals surface area contributed by atoms with Crippen molar-refractivity contribution in [2.75, 3.05) is 0 Å². The number of amides is 1. The van der Waals surface area contributed by atoms with E-state index in [1.807, 2.05) is 18.2 Å². The quantitative estimate of drug-likeness (QED) is 0.779. The van der Waals surface area contributed by atoms with E-state index in [1.165, 1.54) is 17.2 Å². The number of nitrogens with zero attached hydrogens (tertiary/aromatic N) is 1. The van der Waals surface area contributed by atoms with E-state index in [0.29, 0.717) is 12.2 Å². The van der Waals surface area contributed by atoms with E-state index in [4.69, 9.17) is 0 Å². The molecule has 3 aromatic rings. The van der Waals surface area contributed by atoms with Crippen LogP contribution in [0.3, 0.4) is 0 Å². The Balaban J connectivity index is 1.54. The Labute approximate surface area is 134 Å². The first-order valence-electron chi connectivity index (χ1n) is 8.14. The summed E-state index contributed by atoms with van der Waals surface area (Å²) in [6.45, 7) is 0.516. The summed E-state index contributed by atoms with van der Waals surface area (Å²) in [6, 6.07) is 14.4. The van der Waals surface area contributed by atoms with Crippen LogP contribution < -0.4 is 5.32 Å². The molecule has 0 atom stereocenters. The van der Waals surface area contributed by atoms with Gasteiger partial charge in [0.05, 0.1) is 0 Å². The highest BCUT2D eigenvalue weighted by molar-refractivity contribution is 5.94. The maximum absolute atomic E-state index is 12.5. The van der Waals surface area contributed by atoms with Gasteiger partial charge in [0.25, 0.3) is 5.91 Å². The van der Waals surface area contributed by atoms with Gasteiger partial charge in [-0.2, -0.15) is 5.10 Å². The molecule has 0 radical (unpaired) electrons. The Morgan fingerprint density at radius 1 is 1.09 bits per heavy atom. The number of hydrogen-bond donors (Lipinski definition) is 2. The molecule has 0 spiro atoms. The normalized spacial score (nSPS) is 13.7. The third-order valence-corrected chi connectivity index (χ3v) is 4.59. The highest BCUT2D eigenvalue weighted by Crippen LogP contribution is 2.22. The number of nitrogens with one attached hydrogen (secondary N) is 2. The molecule has 1 aliphatic rings. The molecule has 0 fully saturated rings. The lowest BCUT2D eigenvalue weighted by atomic mass is 9.96. The van der Waals surface area contributed by atoms with Crippen LogP contribution in [0.1, 0.15) is 40.2 Å². The van der Waals surface area contributed by atoms with Crippen molar-refractivity contribution >= 4 is 16.7 Å². The minimum Gasteiger partial charge on any atom is -0.347 e. The Bertz CT molecular complexity index is 861. The van der Waals surface area contributed by atoms with E-state index in [-0.39, 0.29) is 5.91 Å². The van der Waals surface area contributed by atoms with Crippen molar-refractivity contribution in [2.45, 2.75) is 32.2 Å². The second kappa shape index (κ2) is 5.88. The van der Waals surface area contributed by atoms with Gasteiger partial charge in [-0.25, -0.2) is 0 Å². The minimum absolute atomic E-state index is 0.0858. The second-order valence-corrected chi connectivity index (χ2v) is 6.06. The molecule has 1 aromatic heterocycles. The minimum atomic E-state index is -0.0858. The topological polar surface area (TPSA) is 57.8 Å². The van der Waals surface area contributed by atoms with Crippen molar-refractivity contribution in [1.29, 1.82) is 0 Å². The number of rotatable bonds is 3. The molecule has 0 saturated heterocycles. The van der Waals surface area contributed by atoms with E-state index in [0.717, 1.165) is 36.1 Å². The van der Waals surface area contributed by atoms with Gasteiger partial charge < -0.3 is 5.32 Å². The lowest BCUT2D eigenvalue weighted by molar-refractivity contribution is 0.0945. The van der Waals surface area contributed by atoms with Crippen LogP contribution in [-0.4, -0.2) is 16.1 Å². The standard InChI is InChI=1S/C19H19N3O/c23-19(18-16-10-3-4-11-17(16)21-22-18)20-12-14-8-5-7-13-6-1-2-9-15(13)14/h1-2,5-9H,3-4,10-12H2,(H,20,23)(H,21,22). The maximum Gasteiger partial charge on any atom is 0.272 e. The Morgan fingerprint density at radius 3 is 2.87 bits per heavy atom. The predicted octanol–water partition coefficient (Wildman–Crippen LogP) is 3.37. The van der Waals surface area contributed by atoms with Crippen LogP contribution in [-0.2, 0) is 19.4 Å². The van der Waals surface area contributed by atoms with E-state index in [1.54, 1.807) is 0 Å². The van der Waals surface area contributed by atoms with Gasteiger partial charge in [-0.3, -0.25) is 9.89 Å². The average Bonchev–Trinajstić information content (AvgIpc) is 3.04. The van der Waals surface area contributed by atoms with E-state index < -0.39 is 0 Å². The lowest BCUT2D eigenvalue weighted by Gasteiger charge is -2.11. The average molecular weight is 305 g/mol. The van der Waals surface area contributed by atoms with Gasteiger partial charge in [-0.05, 0) is 42.0 Å². The fourth-order valence-corrected chi connectivity index (χ4v) is 3.37. The van der Waals surface area contributed by atoms with Crippen LogP contribution >= 0.6 is 0 Å². The molecular formula is C19H19N3O. The zero-order valence-electron chi connectivity index (χ0n) is 12.9. The van der Waals surface area contributed by atoms with Gasteiger partial charge in [-0.15, -0.1) is 0 Å². The number of fused-ring (bicyclic) bond motifs is 2. The first kappa shape index (κ1) is 14.0. The Hall–Kier alpha value is -2.62. The number of carbonyl (C=O) groups is 1. The van der Waals surface area contributed by atoms with E-state index in [9.17, 15) is 4.79 Å². The third kappa shape index (κ3) is 2.61. The van der Waals surface area contributed by atoms with E-state index in [2.05, 4.69) is 39.8 Å². The molecule has 2 aromatic carbocycles. The van der Waals surface area contributed by atoms with Crippen LogP contribution in [0.2, 0.25) is 0 Å². The Kier molecular flexibility index (Phi) is 3.58. The third-order valence-electron chi connectivity index (χ3n) is 4.59. The molecule has 1 heterocycles. The molecule has 4 rings (SSSR count). The van der Waals surface area contributed by atoms with Gasteiger partial charge in [0, 0.05) is 17.8 Å². The summed E-state index contributed by atoms with van der Waals surface area (Å²) in [5.74, 6) is -0.0858. The number of aryl methyl sites for hydroxylation is 1. The largest absolute Gasteiger partial charge is 0.347 e. The number of aromatic amines is 1. The molecule has 0 aliphatic heterocycles. The molecule has 0 saturated carbocycles. The number of H-pyrrole nitrogens is 1. The highest BCUT2D eigenvalue weighted by atomic mass is 16.1. The van der Waals surface area contributed by atoms with Crippen LogP contribution in [0.25, 0.3) is 10.8 Å². The van der Waals surface area contributed by atoms with E-state index >= 15 is 0 Å². The predicted molar refractivity (Wildman–Crippen MR) is 90.3 cm³/mol. The molecule has 1 amide bonds. The highest BCUT2D eigenvalue weighted by Gasteiger charge is 2.21. The summed E-state index contributed by atoms with van der Waals surface area (Å²) in [6.07, 6.45) is 4.25. The fourth-order valence-electron chi connectivity index (χ4n) is 3.37. The summed E-state index contributed by atoms with van der Waals surface area (Å²) < 4.78 is 0. The summed E-state index contributed by atoms with van der Waals surface area (Å²) in [5.41, 5.74) is 3.93. The van der Waals surface area contributed by atoms with Crippen molar-refractivity contribution < 1.29 is 4.79 Å². The van der Waals surface area contributed by atoms with Gasteiger partial charge in [0.1, 0.15) is 0 Å². The zero-order valence-corrected chi connectivity index (χ0v) is 12.9. The first-order chi connectivity index (χ1) is 11.3. The molecule has 116 valence electrons. The van der Waals surface area contributed by atoms with Crippen LogP contribution in [0, 0.1) is 0 Å². The van der Waals surface area contributed by atoms with Crippen molar-refractivity contribution in [1.82, 2.24) is 15.5 Å². The van der Waals surface area contributed by atoms with Crippen LogP contribution in [0.5, 0.6) is 0 Å². The zero-order chi connectivity index (χ0) is 15.6. The molecule has 2 N–H and O–H groups in total. The van der Waals surface area contributed by atoms with Crippen molar-refractivity contribution in [3.05, 3.63) is 65.0 Å². The maximum atomic E-state index is 12.5. The number of aromatic nitrogens is 2. The smallest absolute Gasteiger partial charge is 0.272 e. The molecule has 4 heteroatoms. The number of hydrogen-bond acceptors (Lipinski definition) is 2. The van der Waals surface area contributed by atoms with Gasteiger partial charge in [-0.1, -0.05) is 42.5 Å². The lowest BCUT2D eigenvalue weighted by Crippen LogP contribution is -2.24. The summed E-state index contributed by atoms with van der Waals surface area (Å²) in [5, 5.41) is 12.7. The van der Waals surface area contributed by atoms with Crippen molar-refractivity contribution in [3.63, 3.8) is 0 Å². The Morgan fingerprint density at radius 2 is 1.91 bits per heavy atom. The number of carbonyl (C=O) groups excluding carboxylic acids is 1. The van der Waals surface area contributed by atoms with Crippen LogP contribution in [0.15, 0.2) is 42.5 Å². The molecule has 0 unspecified atom stereocenters. The summed E-state index contributed by atoms with van der Waals surface area (Å²) >= 11 is 0. The van der Waals surface area contributed by atoms with Gasteiger partial charge in [0.2, 0.25) is 0 Å². The van der Waals surface area contributed by atoms with Gasteiger partial charge in [0.15, 0.2) is 5.69 Å². The molecule has 4 nitrogen and oxygen atoms in total. The van der Waals surface area contributed by atoms with Crippen molar-refractivity contribution in [3.8, 4) is 0 Å². The summed E-state index contributed by atoms with van der Waals surface area (Å²) in [7, 11) is 0. The SMILES string of the molecule is O=C(NCc1cccc2ccccc12)c1n[nH]c2c1CCCC2. The van der Waals surface area contributed by atoms with Crippen LogP contribution in [0.4, 0.5) is 0 Å². The molecular weight excluding hydrogens is 286 g/mol.